The van der Waals surface area contributed by atoms with Crippen LogP contribution in [-0.2, 0) is 13.5 Å². The minimum Gasteiger partial charge on any atom is -0.339 e. The van der Waals surface area contributed by atoms with Gasteiger partial charge in [-0.3, -0.25) is 4.68 Å². The summed E-state index contributed by atoms with van der Waals surface area (Å²) in [5.74, 6) is 1.06. The van der Waals surface area contributed by atoms with E-state index in [2.05, 4.69) is 25.3 Å². The minimum atomic E-state index is 0.502. The van der Waals surface area contributed by atoms with Crippen molar-refractivity contribution in [1.82, 2.24) is 34.5 Å². The molecule has 25 heavy (non-hydrogen) atoms. The third-order valence-corrected chi connectivity index (χ3v) is 4.47. The summed E-state index contributed by atoms with van der Waals surface area (Å²) >= 11 is 0. The summed E-state index contributed by atoms with van der Waals surface area (Å²) in [4.78, 5) is 9.10. The summed E-state index contributed by atoms with van der Waals surface area (Å²) in [5, 5.41) is 12.9. The van der Waals surface area contributed by atoms with Crippen LogP contribution in [0.5, 0.6) is 0 Å². The zero-order valence-corrected chi connectivity index (χ0v) is 14.9. The number of fused-ring (bicyclic) bond motifs is 1. The average molecular weight is 337 g/mol. The van der Waals surface area contributed by atoms with Crippen LogP contribution in [0.3, 0.4) is 0 Å². The highest BCUT2D eigenvalue weighted by atomic mass is 16.5. The second kappa shape index (κ2) is 5.51. The van der Waals surface area contributed by atoms with E-state index in [0.717, 1.165) is 39.5 Å². The Bertz CT molecular complexity index is 1090. The zero-order chi connectivity index (χ0) is 17.7. The molecule has 8 nitrogen and oxygen atoms in total. The fourth-order valence-corrected chi connectivity index (χ4v) is 3.09. The lowest BCUT2D eigenvalue weighted by molar-refractivity contribution is 0.385. The molecule has 4 heterocycles. The number of hydrogen-bond acceptors (Lipinski definition) is 6. The van der Waals surface area contributed by atoms with E-state index in [1.807, 2.05) is 45.5 Å². The Kier molecular flexibility index (Phi) is 3.41. The Morgan fingerprint density at radius 1 is 1.12 bits per heavy atom. The summed E-state index contributed by atoms with van der Waals surface area (Å²) in [7, 11) is 1.93. The average Bonchev–Trinajstić information content (AvgIpc) is 3.22. The van der Waals surface area contributed by atoms with Crippen molar-refractivity contribution in [3.8, 4) is 11.4 Å². The number of nitrogens with zero attached hydrogens (tertiary/aromatic N) is 7. The van der Waals surface area contributed by atoms with E-state index >= 15 is 0 Å². The van der Waals surface area contributed by atoms with Gasteiger partial charge in [0, 0.05) is 29.7 Å². The molecule has 4 aromatic heterocycles. The van der Waals surface area contributed by atoms with Crippen LogP contribution in [-0.4, -0.2) is 34.5 Å². The second-order valence-electron chi connectivity index (χ2n) is 6.29. The highest BCUT2D eigenvalue weighted by Crippen LogP contribution is 2.23. The first-order valence-electron chi connectivity index (χ1n) is 8.08. The maximum absolute atomic E-state index is 5.46. The molecule has 0 aliphatic rings. The van der Waals surface area contributed by atoms with Gasteiger partial charge < -0.3 is 4.52 Å². The van der Waals surface area contributed by atoms with Gasteiger partial charge in [0.15, 0.2) is 5.65 Å². The predicted molar refractivity (Wildman–Crippen MR) is 91.2 cm³/mol. The molecular formula is C17H19N7O. The summed E-state index contributed by atoms with van der Waals surface area (Å²) in [6, 6.07) is 1.99. The molecule has 4 aromatic rings. The summed E-state index contributed by atoms with van der Waals surface area (Å²) < 4.78 is 9.11. The van der Waals surface area contributed by atoms with Gasteiger partial charge in [-0.1, -0.05) is 5.16 Å². The van der Waals surface area contributed by atoms with Crippen LogP contribution in [0.15, 0.2) is 16.8 Å². The topological polar surface area (TPSA) is 86.9 Å². The Labute approximate surface area is 144 Å². The molecule has 0 aliphatic carbocycles. The van der Waals surface area contributed by atoms with Crippen LogP contribution < -0.4 is 0 Å². The van der Waals surface area contributed by atoms with Crippen molar-refractivity contribution in [2.75, 3.05) is 0 Å². The molecule has 0 bridgehead atoms. The van der Waals surface area contributed by atoms with Crippen molar-refractivity contribution < 1.29 is 4.52 Å². The summed E-state index contributed by atoms with van der Waals surface area (Å²) in [5.41, 5.74) is 6.63. The van der Waals surface area contributed by atoms with Gasteiger partial charge in [-0.05, 0) is 33.8 Å². The molecule has 0 aromatic carbocycles. The van der Waals surface area contributed by atoms with Crippen molar-refractivity contribution in [3.63, 3.8) is 0 Å². The Morgan fingerprint density at radius 2 is 1.92 bits per heavy atom. The van der Waals surface area contributed by atoms with Crippen LogP contribution in [0.2, 0.25) is 0 Å². The lowest BCUT2D eigenvalue weighted by Crippen LogP contribution is -1.97. The maximum atomic E-state index is 5.46. The molecule has 0 atom stereocenters. The van der Waals surface area contributed by atoms with E-state index in [4.69, 9.17) is 4.52 Å². The van der Waals surface area contributed by atoms with Gasteiger partial charge >= 0.3 is 0 Å². The molecule has 0 spiro atoms. The fraction of sp³-hybridized carbons (Fsp3) is 0.353. The van der Waals surface area contributed by atoms with Crippen LogP contribution >= 0.6 is 0 Å². The molecule has 0 aliphatic heterocycles. The molecule has 0 unspecified atom stereocenters. The number of aromatic nitrogens is 7. The first kappa shape index (κ1) is 15.5. The van der Waals surface area contributed by atoms with Crippen molar-refractivity contribution in [2.45, 2.75) is 34.1 Å². The molecule has 0 saturated heterocycles. The lowest BCUT2D eigenvalue weighted by atomic mass is 10.1. The van der Waals surface area contributed by atoms with Gasteiger partial charge in [0.2, 0.25) is 11.7 Å². The first-order valence-corrected chi connectivity index (χ1v) is 8.08. The first-order chi connectivity index (χ1) is 11.9. The van der Waals surface area contributed by atoms with Gasteiger partial charge in [-0.25, -0.2) is 9.50 Å². The molecule has 4 rings (SSSR count). The molecular weight excluding hydrogens is 318 g/mol. The SMILES string of the molecule is Cc1cc(C)n2ncc(-c3noc(Cc4c(C)nn(C)c4C)n3)c2n1. The number of aryl methyl sites for hydroxylation is 4. The molecule has 128 valence electrons. The number of hydrogen-bond donors (Lipinski definition) is 0. The molecule has 0 amide bonds. The Hall–Kier alpha value is -3.03. The standard InChI is InChI=1S/C17H19N7O/c1-9-6-10(2)24-17(19-9)14(8-18-24)16-20-15(25-22-16)7-13-11(3)21-23(5)12(13)4/h6,8H,7H2,1-5H3. The molecule has 8 heteroatoms. The third kappa shape index (κ3) is 2.50. The van der Waals surface area contributed by atoms with Crippen LogP contribution in [0, 0.1) is 27.7 Å². The number of rotatable bonds is 3. The van der Waals surface area contributed by atoms with Gasteiger partial charge in [-0.2, -0.15) is 15.2 Å². The Morgan fingerprint density at radius 3 is 2.64 bits per heavy atom. The van der Waals surface area contributed by atoms with Crippen molar-refractivity contribution in [3.05, 3.63) is 46.5 Å². The van der Waals surface area contributed by atoms with Crippen LogP contribution in [0.1, 0.15) is 34.2 Å². The Balaban J connectivity index is 1.72. The largest absolute Gasteiger partial charge is 0.339 e. The summed E-state index contributed by atoms with van der Waals surface area (Å²) in [6.45, 7) is 7.97. The van der Waals surface area contributed by atoms with Crippen molar-refractivity contribution in [2.24, 2.45) is 7.05 Å². The monoisotopic (exact) mass is 337 g/mol. The van der Waals surface area contributed by atoms with Gasteiger partial charge in [0.05, 0.1) is 23.9 Å². The van der Waals surface area contributed by atoms with Crippen molar-refractivity contribution >= 4 is 5.65 Å². The maximum Gasteiger partial charge on any atom is 0.231 e. The van der Waals surface area contributed by atoms with Gasteiger partial charge in [0.1, 0.15) is 0 Å². The van der Waals surface area contributed by atoms with Gasteiger partial charge in [0.25, 0.3) is 0 Å². The van der Waals surface area contributed by atoms with E-state index in [1.54, 1.807) is 10.7 Å². The minimum absolute atomic E-state index is 0.502. The second-order valence-corrected chi connectivity index (χ2v) is 6.29. The lowest BCUT2D eigenvalue weighted by Gasteiger charge is -2.00. The van der Waals surface area contributed by atoms with Crippen LogP contribution in [0.25, 0.3) is 17.0 Å². The fourth-order valence-electron chi connectivity index (χ4n) is 3.09. The molecule has 0 saturated carbocycles. The van der Waals surface area contributed by atoms with E-state index < -0.39 is 0 Å². The predicted octanol–water partition coefficient (Wildman–Crippen LogP) is 2.34. The van der Waals surface area contributed by atoms with E-state index in [1.165, 1.54) is 0 Å². The summed E-state index contributed by atoms with van der Waals surface area (Å²) in [6.07, 6.45) is 2.28. The van der Waals surface area contributed by atoms with E-state index in [-0.39, 0.29) is 0 Å². The smallest absolute Gasteiger partial charge is 0.231 e. The van der Waals surface area contributed by atoms with E-state index in [9.17, 15) is 0 Å². The normalized spacial score (nSPS) is 11.6. The molecule has 0 fully saturated rings. The van der Waals surface area contributed by atoms with Gasteiger partial charge in [-0.15, -0.1) is 0 Å². The highest BCUT2D eigenvalue weighted by molar-refractivity contribution is 5.72. The zero-order valence-electron chi connectivity index (χ0n) is 14.9. The van der Waals surface area contributed by atoms with Crippen molar-refractivity contribution in [1.29, 1.82) is 0 Å². The van der Waals surface area contributed by atoms with E-state index in [0.29, 0.717) is 18.1 Å². The highest BCUT2D eigenvalue weighted by Gasteiger charge is 2.18. The molecule has 0 radical (unpaired) electrons. The third-order valence-electron chi connectivity index (χ3n) is 4.47. The van der Waals surface area contributed by atoms with Crippen LogP contribution in [0.4, 0.5) is 0 Å². The quantitative estimate of drug-likeness (QED) is 0.570. The molecule has 0 N–H and O–H groups in total.